The number of anilines is 2. The van der Waals surface area contributed by atoms with Gasteiger partial charge in [-0.05, 0) is 31.0 Å². The first kappa shape index (κ1) is 17.2. The van der Waals surface area contributed by atoms with Gasteiger partial charge in [0.15, 0.2) is 0 Å². The zero-order valence-corrected chi connectivity index (χ0v) is 13.2. The normalized spacial score (nSPS) is 16.3. The highest BCUT2D eigenvalue weighted by atomic mass is 32.2. The number of carboxylic acid groups (broad SMARTS) is 1. The molecule has 126 valence electrons. The van der Waals surface area contributed by atoms with E-state index in [1.165, 1.54) is 6.07 Å². The van der Waals surface area contributed by atoms with Crippen molar-refractivity contribution in [2.75, 3.05) is 16.3 Å². The average Bonchev–Trinajstić information content (AvgIpc) is 2.35. The summed E-state index contributed by atoms with van der Waals surface area (Å²) in [5.41, 5.74) is -1.14. The Balaban J connectivity index is 2.09. The lowest BCUT2D eigenvalue weighted by molar-refractivity contribution is -0.157. The molecule has 1 amide bonds. The fraction of sp³-hybridized carbons (Fsp3) is 0.429. The second-order valence-electron chi connectivity index (χ2n) is 5.73. The molecule has 0 radical (unpaired) electrons. The summed E-state index contributed by atoms with van der Waals surface area (Å²) in [6.45, 7) is 0. The van der Waals surface area contributed by atoms with Crippen LogP contribution in [0.25, 0.3) is 0 Å². The van der Waals surface area contributed by atoms with E-state index in [0.29, 0.717) is 12.8 Å². The average molecular weight is 344 g/mol. The number of halogens is 1. The molecule has 0 bridgehead atoms. The van der Waals surface area contributed by atoms with Gasteiger partial charge in [0, 0.05) is 12.1 Å². The van der Waals surface area contributed by atoms with E-state index in [2.05, 4.69) is 5.32 Å². The van der Waals surface area contributed by atoms with E-state index in [9.17, 15) is 27.5 Å². The van der Waals surface area contributed by atoms with E-state index in [4.69, 9.17) is 0 Å². The number of carboxylic acids is 1. The van der Waals surface area contributed by atoms with E-state index in [1.807, 2.05) is 4.72 Å². The maximum absolute atomic E-state index is 13.6. The van der Waals surface area contributed by atoms with Gasteiger partial charge in [0.25, 0.3) is 0 Å². The van der Waals surface area contributed by atoms with Crippen LogP contribution in [0.2, 0.25) is 0 Å². The summed E-state index contributed by atoms with van der Waals surface area (Å²) >= 11 is 0. The number of amides is 1. The first-order valence-corrected chi connectivity index (χ1v) is 8.81. The van der Waals surface area contributed by atoms with Gasteiger partial charge in [-0.2, -0.15) is 0 Å². The minimum absolute atomic E-state index is 0.172. The van der Waals surface area contributed by atoms with Crippen molar-refractivity contribution in [2.45, 2.75) is 25.7 Å². The first-order chi connectivity index (χ1) is 10.6. The van der Waals surface area contributed by atoms with E-state index in [0.717, 1.165) is 24.8 Å². The summed E-state index contributed by atoms with van der Waals surface area (Å²) in [4.78, 5) is 23.2. The van der Waals surface area contributed by atoms with Gasteiger partial charge in [-0.15, -0.1) is 0 Å². The van der Waals surface area contributed by atoms with Crippen molar-refractivity contribution >= 4 is 33.3 Å². The molecule has 0 heterocycles. The summed E-state index contributed by atoms with van der Waals surface area (Å²) < 4.78 is 37.9. The SMILES string of the molecule is CS(=O)(=O)Nc1cc(NC(=O)CC2(C(=O)O)CCC2)ccc1F. The Morgan fingerprint density at radius 1 is 1.35 bits per heavy atom. The topological polar surface area (TPSA) is 113 Å². The predicted octanol–water partition coefficient (Wildman–Crippen LogP) is 1.78. The zero-order chi connectivity index (χ0) is 17.3. The summed E-state index contributed by atoms with van der Waals surface area (Å²) in [5.74, 6) is -2.30. The van der Waals surface area contributed by atoms with Crippen molar-refractivity contribution in [2.24, 2.45) is 5.41 Å². The molecule has 23 heavy (non-hydrogen) atoms. The minimum atomic E-state index is -3.66. The Morgan fingerprint density at radius 3 is 2.48 bits per heavy atom. The van der Waals surface area contributed by atoms with Crippen molar-refractivity contribution in [3.05, 3.63) is 24.0 Å². The van der Waals surface area contributed by atoms with Crippen molar-refractivity contribution < 1.29 is 27.5 Å². The van der Waals surface area contributed by atoms with Crippen molar-refractivity contribution in [1.29, 1.82) is 0 Å². The summed E-state index contributed by atoms with van der Waals surface area (Å²) in [5, 5.41) is 11.7. The highest BCUT2D eigenvalue weighted by Crippen LogP contribution is 2.44. The van der Waals surface area contributed by atoms with Crippen LogP contribution in [0.4, 0.5) is 15.8 Å². The fourth-order valence-corrected chi connectivity index (χ4v) is 3.02. The van der Waals surface area contributed by atoms with Gasteiger partial charge < -0.3 is 10.4 Å². The Morgan fingerprint density at radius 2 is 2.00 bits per heavy atom. The summed E-state index contributed by atoms with van der Waals surface area (Å²) in [7, 11) is -3.66. The molecule has 0 atom stereocenters. The molecular weight excluding hydrogens is 327 g/mol. The molecule has 2 rings (SSSR count). The van der Waals surface area contributed by atoms with Crippen LogP contribution in [0.1, 0.15) is 25.7 Å². The van der Waals surface area contributed by atoms with E-state index in [1.54, 1.807) is 0 Å². The van der Waals surface area contributed by atoms with Crippen LogP contribution in [0, 0.1) is 11.2 Å². The molecule has 1 saturated carbocycles. The summed E-state index contributed by atoms with van der Waals surface area (Å²) in [6.07, 6.45) is 2.36. The van der Waals surface area contributed by atoms with Crippen LogP contribution in [-0.2, 0) is 19.6 Å². The highest BCUT2D eigenvalue weighted by molar-refractivity contribution is 7.92. The standard InChI is InChI=1S/C14H17FN2O5S/c1-23(21,22)17-11-7-9(3-4-10(11)15)16-12(18)8-14(13(19)20)5-2-6-14/h3-4,7,17H,2,5-6,8H2,1H3,(H,16,18)(H,19,20). The number of carbonyl (C=O) groups is 2. The lowest BCUT2D eigenvalue weighted by Gasteiger charge is -2.36. The zero-order valence-electron chi connectivity index (χ0n) is 12.4. The van der Waals surface area contributed by atoms with E-state index >= 15 is 0 Å². The molecule has 0 aromatic heterocycles. The van der Waals surface area contributed by atoms with Crippen LogP contribution < -0.4 is 10.0 Å². The number of aliphatic carboxylic acids is 1. The number of hydrogen-bond acceptors (Lipinski definition) is 4. The van der Waals surface area contributed by atoms with E-state index in [-0.39, 0.29) is 17.8 Å². The molecule has 1 fully saturated rings. The Labute approximate surface area is 132 Å². The molecule has 1 aromatic carbocycles. The van der Waals surface area contributed by atoms with Gasteiger partial charge >= 0.3 is 5.97 Å². The van der Waals surface area contributed by atoms with E-state index < -0.39 is 33.1 Å². The van der Waals surface area contributed by atoms with Crippen LogP contribution >= 0.6 is 0 Å². The number of sulfonamides is 1. The quantitative estimate of drug-likeness (QED) is 0.728. The molecule has 7 nitrogen and oxygen atoms in total. The van der Waals surface area contributed by atoms with Crippen LogP contribution in [0.5, 0.6) is 0 Å². The second kappa shape index (κ2) is 6.15. The Bertz CT molecular complexity index is 744. The minimum Gasteiger partial charge on any atom is -0.481 e. The summed E-state index contributed by atoms with van der Waals surface area (Å²) in [6, 6.07) is 3.43. The fourth-order valence-electron chi connectivity index (χ4n) is 2.46. The van der Waals surface area contributed by atoms with Crippen molar-refractivity contribution in [3.8, 4) is 0 Å². The molecule has 9 heteroatoms. The molecule has 0 aliphatic heterocycles. The van der Waals surface area contributed by atoms with Gasteiger partial charge in [0.05, 0.1) is 17.4 Å². The highest BCUT2D eigenvalue weighted by Gasteiger charge is 2.45. The monoisotopic (exact) mass is 344 g/mol. The molecule has 1 aliphatic rings. The molecule has 0 spiro atoms. The smallest absolute Gasteiger partial charge is 0.310 e. The van der Waals surface area contributed by atoms with Crippen LogP contribution in [0.3, 0.4) is 0 Å². The van der Waals surface area contributed by atoms with Crippen molar-refractivity contribution in [3.63, 3.8) is 0 Å². The third-order valence-electron chi connectivity index (χ3n) is 3.81. The number of hydrogen-bond donors (Lipinski definition) is 3. The number of rotatable bonds is 6. The molecule has 1 aromatic rings. The maximum atomic E-state index is 13.6. The third-order valence-corrected chi connectivity index (χ3v) is 4.40. The van der Waals surface area contributed by atoms with Crippen LogP contribution in [0.15, 0.2) is 18.2 Å². The van der Waals surface area contributed by atoms with Gasteiger partial charge in [-0.1, -0.05) is 6.42 Å². The van der Waals surface area contributed by atoms with Gasteiger partial charge in [0.2, 0.25) is 15.9 Å². The first-order valence-electron chi connectivity index (χ1n) is 6.92. The molecule has 0 saturated heterocycles. The Hall–Kier alpha value is -2.16. The maximum Gasteiger partial charge on any atom is 0.310 e. The predicted molar refractivity (Wildman–Crippen MR) is 82.0 cm³/mol. The van der Waals surface area contributed by atoms with Crippen LogP contribution in [-0.4, -0.2) is 31.7 Å². The molecule has 1 aliphatic carbocycles. The Kier molecular flexibility index (Phi) is 4.60. The van der Waals surface area contributed by atoms with Gasteiger partial charge in [-0.3, -0.25) is 14.3 Å². The molecular formula is C14H17FN2O5S. The number of benzene rings is 1. The number of nitrogens with one attached hydrogen (secondary N) is 2. The largest absolute Gasteiger partial charge is 0.481 e. The van der Waals surface area contributed by atoms with Crippen molar-refractivity contribution in [1.82, 2.24) is 0 Å². The lowest BCUT2D eigenvalue weighted by Crippen LogP contribution is -2.41. The molecule has 3 N–H and O–H groups in total. The third kappa shape index (κ3) is 4.19. The lowest BCUT2D eigenvalue weighted by atomic mass is 9.66. The van der Waals surface area contributed by atoms with Gasteiger partial charge in [-0.25, -0.2) is 12.8 Å². The molecule has 0 unspecified atom stereocenters. The van der Waals surface area contributed by atoms with Gasteiger partial charge in [0.1, 0.15) is 5.82 Å². The number of carbonyl (C=O) groups excluding carboxylic acids is 1. The second-order valence-corrected chi connectivity index (χ2v) is 7.48.